The van der Waals surface area contributed by atoms with Crippen LogP contribution in [0.4, 0.5) is 5.95 Å². The Labute approximate surface area is 144 Å². The molecule has 1 amide bonds. The number of primary amides is 1. The lowest BCUT2D eigenvalue weighted by Crippen LogP contribution is -2.32. The number of nitrogens with one attached hydrogen (secondary N) is 1. The molecule has 0 aromatic carbocycles. The van der Waals surface area contributed by atoms with Gasteiger partial charge in [-0.3, -0.25) is 4.79 Å². The summed E-state index contributed by atoms with van der Waals surface area (Å²) in [4.78, 5) is 23.8. The van der Waals surface area contributed by atoms with Gasteiger partial charge in [-0.1, -0.05) is 11.6 Å². The number of ether oxygens (including phenoxy) is 1. The van der Waals surface area contributed by atoms with Gasteiger partial charge in [0, 0.05) is 18.4 Å². The summed E-state index contributed by atoms with van der Waals surface area (Å²) in [5, 5.41) is 3.70. The van der Waals surface area contributed by atoms with Crippen molar-refractivity contribution in [3.8, 4) is 5.88 Å². The van der Waals surface area contributed by atoms with E-state index in [1.165, 1.54) is 0 Å². The number of nitrogens with zero attached hydrogens (tertiary/aromatic N) is 3. The topological polar surface area (TPSA) is 103 Å². The van der Waals surface area contributed by atoms with Crippen LogP contribution in [0.5, 0.6) is 5.88 Å². The second-order valence-electron chi connectivity index (χ2n) is 5.66. The first-order valence-electron chi connectivity index (χ1n) is 7.78. The summed E-state index contributed by atoms with van der Waals surface area (Å²) in [6.45, 7) is 0. The lowest BCUT2D eigenvalue weighted by molar-refractivity contribution is 0.0983. The Balaban J connectivity index is 1.55. The summed E-state index contributed by atoms with van der Waals surface area (Å²) in [6.07, 6.45) is 6.71. The number of hydrogen-bond acceptors (Lipinski definition) is 6. The fourth-order valence-electron chi connectivity index (χ4n) is 2.74. The minimum absolute atomic E-state index is 0.0105. The zero-order chi connectivity index (χ0) is 16.9. The van der Waals surface area contributed by atoms with Crippen molar-refractivity contribution in [2.45, 2.75) is 37.8 Å². The molecule has 2 aromatic rings. The van der Waals surface area contributed by atoms with Crippen LogP contribution in [0, 0.1) is 0 Å². The highest BCUT2D eigenvalue weighted by molar-refractivity contribution is 6.29. The Morgan fingerprint density at radius 3 is 2.71 bits per heavy atom. The van der Waals surface area contributed by atoms with Crippen molar-refractivity contribution in [1.82, 2.24) is 15.0 Å². The Morgan fingerprint density at radius 2 is 2.00 bits per heavy atom. The van der Waals surface area contributed by atoms with E-state index < -0.39 is 5.91 Å². The highest BCUT2D eigenvalue weighted by Crippen LogP contribution is 2.26. The largest absolute Gasteiger partial charge is 0.474 e. The number of hydrogen-bond donors (Lipinski definition) is 2. The van der Waals surface area contributed by atoms with Crippen LogP contribution in [0.25, 0.3) is 0 Å². The molecular weight excluding hydrogens is 330 g/mol. The number of amides is 1. The average molecular weight is 348 g/mol. The van der Waals surface area contributed by atoms with E-state index in [0.717, 1.165) is 25.7 Å². The van der Waals surface area contributed by atoms with Crippen molar-refractivity contribution in [1.29, 1.82) is 0 Å². The third kappa shape index (κ3) is 4.11. The van der Waals surface area contributed by atoms with Gasteiger partial charge in [0.2, 0.25) is 11.8 Å². The Kier molecular flexibility index (Phi) is 5.10. The van der Waals surface area contributed by atoms with Crippen LogP contribution in [0.2, 0.25) is 5.15 Å². The average Bonchev–Trinajstić information content (AvgIpc) is 2.57. The van der Waals surface area contributed by atoms with Crippen molar-refractivity contribution in [3.63, 3.8) is 0 Å². The minimum atomic E-state index is -0.536. The molecule has 7 nitrogen and oxygen atoms in total. The summed E-state index contributed by atoms with van der Waals surface area (Å²) in [7, 11) is 0. The smallest absolute Gasteiger partial charge is 0.254 e. The van der Waals surface area contributed by atoms with Gasteiger partial charge in [-0.15, -0.1) is 0 Å². The van der Waals surface area contributed by atoms with Gasteiger partial charge in [0.15, 0.2) is 0 Å². The zero-order valence-corrected chi connectivity index (χ0v) is 13.7. The maximum atomic E-state index is 11.4. The predicted molar refractivity (Wildman–Crippen MR) is 90.1 cm³/mol. The summed E-state index contributed by atoms with van der Waals surface area (Å²) in [5.41, 5.74) is 5.66. The van der Waals surface area contributed by atoms with Crippen molar-refractivity contribution in [3.05, 3.63) is 41.3 Å². The summed E-state index contributed by atoms with van der Waals surface area (Å²) in [6, 6.07) is 5.19. The Hall–Kier alpha value is -2.41. The lowest BCUT2D eigenvalue weighted by atomic mass is 9.93. The van der Waals surface area contributed by atoms with Crippen LogP contribution < -0.4 is 15.8 Å². The standard InChI is InChI=1S/C16H18ClN5O2/c17-13-7-9-20-16(22-13)21-10-3-5-11(6-4-10)24-15-12(14(18)23)2-1-8-19-15/h1-2,7-11H,3-6H2,(H2,18,23)(H,20,21,22)/t10-,11-. The van der Waals surface area contributed by atoms with Crippen molar-refractivity contribution < 1.29 is 9.53 Å². The minimum Gasteiger partial charge on any atom is -0.474 e. The normalized spacial score (nSPS) is 20.4. The molecule has 0 saturated heterocycles. The van der Waals surface area contributed by atoms with Crippen molar-refractivity contribution >= 4 is 23.5 Å². The van der Waals surface area contributed by atoms with Gasteiger partial charge >= 0.3 is 0 Å². The molecule has 0 unspecified atom stereocenters. The molecule has 1 saturated carbocycles. The molecule has 1 aliphatic rings. The molecule has 0 atom stereocenters. The fourth-order valence-corrected chi connectivity index (χ4v) is 2.88. The third-order valence-electron chi connectivity index (χ3n) is 3.94. The number of anilines is 1. The van der Waals surface area contributed by atoms with E-state index in [9.17, 15) is 4.79 Å². The van der Waals surface area contributed by atoms with Crippen molar-refractivity contribution in [2.24, 2.45) is 5.73 Å². The third-order valence-corrected chi connectivity index (χ3v) is 4.15. The van der Waals surface area contributed by atoms with Crippen LogP contribution >= 0.6 is 11.6 Å². The van der Waals surface area contributed by atoms with Crippen LogP contribution in [0.15, 0.2) is 30.6 Å². The molecule has 0 radical (unpaired) electrons. The van der Waals surface area contributed by atoms with Crippen molar-refractivity contribution in [2.75, 3.05) is 5.32 Å². The van der Waals surface area contributed by atoms with E-state index in [0.29, 0.717) is 22.5 Å². The summed E-state index contributed by atoms with van der Waals surface area (Å²) in [5.74, 6) is 0.304. The number of pyridine rings is 1. The second kappa shape index (κ2) is 7.44. The zero-order valence-electron chi connectivity index (χ0n) is 13.0. The number of carbonyl (C=O) groups is 1. The number of halogens is 1. The maximum absolute atomic E-state index is 11.4. The first kappa shape index (κ1) is 16.4. The molecule has 1 aliphatic carbocycles. The number of nitrogens with two attached hydrogens (primary N) is 1. The first-order valence-corrected chi connectivity index (χ1v) is 8.16. The van der Waals surface area contributed by atoms with Gasteiger partial charge < -0.3 is 15.8 Å². The molecule has 3 N–H and O–H groups in total. The monoisotopic (exact) mass is 347 g/mol. The molecule has 1 fully saturated rings. The highest BCUT2D eigenvalue weighted by Gasteiger charge is 2.24. The molecule has 0 aliphatic heterocycles. The maximum Gasteiger partial charge on any atom is 0.254 e. The van der Waals surface area contributed by atoms with Gasteiger partial charge in [-0.2, -0.15) is 0 Å². The number of carbonyl (C=O) groups excluding carboxylic acids is 1. The second-order valence-corrected chi connectivity index (χ2v) is 6.05. The van der Waals surface area contributed by atoms with E-state index in [-0.39, 0.29) is 12.1 Å². The van der Waals surface area contributed by atoms with Gasteiger partial charge in [0.25, 0.3) is 5.91 Å². The lowest BCUT2D eigenvalue weighted by Gasteiger charge is -2.29. The molecule has 126 valence electrons. The van der Waals surface area contributed by atoms with Crippen LogP contribution in [0.1, 0.15) is 36.0 Å². The molecule has 2 aromatic heterocycles. The van der Waals surface area contributed by atoms with Gasteiger partial charge in [-0.25, -0.2) is 15.0 Å². The van der Waals surface area contributed by atoms with E-state index >= 15 is 0 Å². The van der Waals surface area contributed by atoms with E-state index in [4.69, 9.17) is 22.1 Å². The molecule has 2 heterocycles. The first-order chi connectivity index (χ1) is 11.6. The van der Waals surface area contributed by atoms with Gasteiger partial charge in [0.05, 0.1) is 0 Å². The Morgan fingerprint density at radius 1 is 1.21 bits per heavy atom. The highest BCUT2D eigenvalue weighted by atomic mass is 35.5. The summed E-state index contributed by atoms with van der Waals surface area (Å²) < 4.78 is 5.87. The summed E-state index contributed by atoms with van der Waals surface area (Å²) >= 11 is 5.86. The van der Waals surface area contributed by atoms with Crippen LogP contribution in [-0.2, 0) is 0 Å². The molecule has 0 spiro atoms. The fraction of sp³-hybridized carbons (Fsp3) is 0.375. The molecular formula is C16H18ClN5O2. The van der Waals surface area contributed by atoms with E-state index in [1.54, 1.807) is 30.6 Å². The van der Waals surface area contributed by atoms with E-state index in [1.807, 2.05) is 0 Å². The van der Waals surface area contributed by atoms with E-state index in [2.05, 4.69) is 20.3 Å². The van der Waals surface area contributed by atoms with Gasteiger partial charge in [-0.05, 0) is 43.9 Å². The molecule has 24 heavy (non-hydrogen) atoms. The molecule has 8 heteroatoms. The van der Waals surface area contributed by atoms with Crippen LogP contribution in [0.3, 0.4) is 0 Å². The SMILES string of the molecule is NC(=O)c1cccnc1O[C@H]1CC[C@H](Nc2nccc(Cl)n2)CC1. The predicted octanol–water partition coefficient (Wildman–Crippen LogP) is 2.43. The van der Waals surface area contributed by atoms with Crippen LogP contribution in [-0.4, -0.2) is 33.0 Å². The quantitative estimate of drug-likeness (QED) is 0.805. The number of rotatable bonds is 5. The Bertz CT molecular complexity index is 719. The number of aromatic nitrogens is 3. The molecule has 3 rings (SSSR count). The van der Waals surface area contributed by atoms with Gasteiger partial charge in [0.1, 0.15) is 16.8 Å². The molecule has 0 bridgehead atoms.